The molecule has 0 saturated heterocycles. The third kappa shape index (κ3) is 2.65. The van der Waals surface area contributed by atoms with Gasteiger partial charge in [-0.05, 0) is 27.2 Å². The van der Waals surface area contributed by atoms with Gasteiger partial charge in [0.2, 0.25) is 0 Å². The maximum absolute atomic E-state index is 12.7. The van der Waals surface area contributed by atoms with Crippen molar-refractivity contribution in [1.82, 2.24) is 18.7 Å². The summed E-state index contributed by atoms with van der Waals surface area (Å²) in [4.78, 5) is 29.5. The number of fused-ring (bicyclic) bond motifs is 1. The smallest absolute Gasteiger partial charge is 0.328 e. The van der Waals surface area contributed by atoms with Gasteiger partial charge in [-0.3, -0.25) is 13.9 Å². The van der Waals surface area contributed by atoms with Crippen LogP contribution < -0.4 is 17.0 Å². The molecule has 2 aromatic rings. The Morgan fingerprint density at radius 1 is 1.38 bits per heavy atom. The minimum absolute atomic E-state index is 0.0392. The number of hydrogen-bond acceptors (Lipinski definition) is 4. The zero-order valence-corrected chi connectivity index (χ0v) is 13.3. The minimum atomic E-state index is -0.650. The molecule has 1 unspecified atom stereocenters. The Morgan fingerprint density at radius 2 is 2.00 bits per heavy atom. The van der Waals surface area contributed by atoms with Crippen LogP contribution in [0.5, 0.6) is 0 Å². The molecule has 0 aliphatic carbocycles. The Morgan fingerprint density at radius 3 is 2.52 bits per heavy atom. The van der Waals surface area contributed by atoms with Crippen molar-refractivity contribution in [3.8, 4) is 0 Å². The third-order valence-corrected chi connectivity index (χ3v) is 3.63. The van der Waals surface area contributed by atoms with Crippen molar-refractivity contribution in [2.45, 2.75) is 52.2 Å². The molecule has 0 fully saturated rings. The van der Waals surface area contributed by atoms with E-state index in [2.05, 4.69) is 4.98 Å². The highest BCUT2D eigenvalue weighted by Gasteiger charge is 2.22. The van der Waals surface area contributed by atoms with Gasteiger partial charge in [-0.15, -0.1) is 0 Å². The van der Waals surface area contributed by atoms with Crippen molar-refractivity contribution >= 4 is 11.2 Å². The Balaban J connectivity index is 2.90. The standard InChI is InChI=1S/C14H23N5O2/c1-6-9(2)19-11-10(17(5)8-16-11)12(20)18(13(19)21)7-14(3,4)15/h8-9H,6-7,15H2,1-5H3. The lowest BCUT2D eigenvalue weighted by molar-refractivity contribution is 0.396. The largest absolute Gasteiger partial charge is 0.333 e. The lowest BCUT2D eigenvalue weighted by Gasteiger charge is -2.22. The van der Waals surface area contributed by atoms with Crippen LogP contribution in [0.15, 0.2) is 15.9 Å². The normalized spacial score (nSPS) is 13.8. The van der Waals surface area contributed by atoms with E-state index in [9.17, 15) is 9.59 Å². The van der Waals surface area contributed by atoms with E-state index < -0.39 is 5.54 Å². The average Bonchev–Trinajstić information content (AvgIpc) is 2.75. The summed E-state index contributed by atoms with van der Waals surface area (Å²) in [6, 6.07) is -0.0392. The number of aryl methyl sites for hydroxylation is 1. The van der Waals surface area contributed by atoms with E-state index >= 15 is 0 Å². The number of hydrogen-bond donors (Lipinski definition) is 1. The van der Waals surface area contributed by atoms with Crippen LogP contribution in [-0.2, 0) is 13.6 Å². The molecule has 116 valence electrons. The maximum Gasteiger partial charge on any atom is 0.333 e. The van der Waals surface area contributed by atoms with E-state index in [1.807, 2.05) is 13.8 Å². The fourth-order valence-electron chi connectivity index (χ4n) is 2.40. The van der Waals surface area contributed by atoms with Crippen molar-refractivity contribution in [2.75, 3.05) is 0 Å². The van der Waals surface area contributed by atoms with Crippen molar-refractivity contribution in [3.05, 3.63) is 27.2 Å². The van der Waals surface area contributed by atoms with Crippen LogP contribution in [-0.4, -0.2) is 24.2 Å². The van der Waals surface area contributed by atoms with Crippen LogP contribution in [0.4, 0.5) is 0 Å². The zero-order chi connectivity index (χ0) is 15.9. The van der Waals surface area contributed by atoms with Gasteiger partial charge < -0.3 is 10.3 Å². The molecule has 0 aliphatic rings. The van der Waals surface area contributed by atoms with Gasteiger partial charge in [0, 0.05) is 25.2 Å². The molecule has 1 atom stereocenters. The number of nitrogens with zero attached hydrogens (tertiary/aromatic N) is 4. The first-order valence-electron chi connectivity index (χ1n) is 7.12. The summed E-state index contributed by atoms with van der Waals surface area (Å²) in [6.45, 7) is 7.69. The van der Waals surface area contributed by atoms with Crippen LogP contribution >= 0.6 is 0 Å². The second-order valence-electron chi connectivity index (χ2n) is 6.32. The summed E-state index contributed by atoms with van der Waals surface area (Å²) >= 11 is 0. The van der Waals surface area contributed by atoms with Gasteiger partial charge in [-0.2, -0.15) is 0 Å². The number of nitrogens with two attached hydrogens (primary N) is 1. The summed E-state index contributed by atoms with van der Waals surface area (Å²) in [6.07, 6.45) is 2.33. The maximum atomic E-state index is 12.7. The highest BCUT2D eigenvalue weighted by atomic mass is 16.2. The molecule has 0 aromatic carbocycles. The van der Waals surface area contributed by atoms with E-state index in [-0.39, 0.29) is 23.8 Å². The van der Waals surface area contributed by atoms with Crippen LogP contribution in [0.25, 0.3) is 11.2 Å². The average molecular weight is 293 g/mol. The predicted molar refractivity (Wildman–Crippen MR) is 82.5 cm³/mol. The first-order valence-corrected chi connectivity index (χ1v) is 7.12. The summed E-state index contributed by atoms with van der Waals surface area (Å²) in [5.74, 6) is 0. The topological polar surface area (TPSA) is 87.8 Å². The second-order valence-corrected chi connectivity index (χ2v) is 6.32. The third-order valence-electron chi connectivity index (χ3n) is 3.63. The fraction of sp³-hybridized carbons (Fsp3) is 0.643. The summed E-state index contributed by atoms with van der Waals surface area (Å²) in [7, 11) is 1.75. The monoisotopic (exact) mass is 293 g/mol. The van der Waals surface area contributed by atoms with Gasteiger partial charge in [0.1, 0.15) is 0 Å². The number of aromatic nitrogens is 4. The first-order chi connectivity index (χ1) is 9.67. The first kappa shape index (κ1) is 15.5. The molecule has 21 heavy (non-hydrogen) atoms. The Hall–Kier alpha value is -1.89. The van der Waals surface area contributed by atoms with Crippen molar-refractivity contribution in [3.63, 3.8) is 0 Å². The van der Waals surface area contributed by atoms with Gasteiger partial charge in [0.15, 0.2) is 11.2 Å². The van der Waals surface area contributed by atoms with E-state index in [1.165, 1.54) is 4.57 Å². The van der Waals surface area contributed by atoms with Gasteiger partial charge in [-0.25, -0.2) is 9.78 Å². The van der Waals surface area contributed by atoms with E-state index in [0.717, 1.165) is 6.42 Å². The molecule has 0 saturated carbocycles. The summed E-state index contributed by atoms with van der Waals surface area (Å²) in [5.41, 5.74) is 5.52. The second kappa shape index (κ2) is 5.14. The molecular weight excluding hydrogens is 270 g/mol. The number of rotatable bonds is 4. The Kier molecular flexibility index (Phi) is 3.79. The Bertz CT molecular complexity index is 775. The molecule has 2 heterocycles. The molecule has 0 spiro atoms. The van der Waals surface area contributed by atoms with Crippen molar-refractivity contribution in [2.24, 2.45) is 12.8 Å². The van der Waals surface area contributed by atoms with Crippen LogP contribution in [0.1, 0.15) is 40.2 Å². The molecule has 0 radical (unpaired) electrons. The van der Waals surface area contributed by atoms with E-state index in [1.54, 1.807) is 36.4 Å². The van der Waals surface area contributed by atoms with E-state index in [4.69, 9.17) is 5.73 Å². The Labute approximate surface area is 123 Å². The van der Waals surface area contributed by atoms with Gasteiger partial charge >= 0.3 is 5.69 Å². The van der Waals surface area contributed by atoms with Crippen LogP contribution in [0.3, 0.4) is 0 Å². The quantitative estimate of drug-likeness (QED) is 0.894. The zero-order valence-electron chi connectivity index (χ0n) is 13.3. The number of imidazole rings is 1. The molecule has 0 bridgehead atoms. The molecule has 0 aliphatic heterocycles. The molecule has 2 rings (SSSR count). The minimum Gasteiger partial charge on any atom is -0.328 e. The van der Waals surface area contributed by atoms with Gasteiger partial charge in [0.05, 0.1) is 6.33 Å². The van der Waals surface area contributed by atoms with Crippen LogP contribution in [0, 0.1) is 0 Å². The van der Waals surface area contributed by atoms with Crippen molar-refractivity contribution < 1.29 is 0 Å². The fourth-order valence-corrected chi connectivity index (χ4v) is 2.40. The molecule has 2 N–H and O–H groups in total. The summed E-state index contributed by atoms with van der Waals surface area (Å²) in [5, 5.41) is 0. The predicted octanol–water partition coefficient (Wildman–Crippen LogP) is 0.605. The lowest BCUT2D eigenvalue weighted by Crippen LogP contribution is -2.48. The SMILES string of the molecule is CCC(C)n1c(=O)n(CC(C)(C)N)c(=O)c2c1ncn2C. The van der Waals surface area contributed by atoms with E-state index in [0.29, 0.717) is 11.2 Å². The molecular formula is C14H23N5O2. The van der Waals surface area contributed by atoms with Gasteiger partial charge in [0.25, 0.3) is 5.56 Å². The molecule has 2 aromatic heterocycles. The summed E-state index contributed by atoms with van der Waals surface area (Å²) < 4.78 is 4.45. The lowest BCUT2D eigenvalue weighted by atomic mass is 10.1. The van der Waals surface area contributed by atoms with Gasteiger partial charge in [-0.1, -0.05) is 6.92 Å². The molecule has 0 amide bonds. The highest BCUT2D eigenvalue weighted by molar-refractivity contribution is 5.70. The van der Waals surface area contributed by atoms with Crippen molar-refractivity contribution in [1.29, 1.82) is 0 Å². The highest BCUT2D eigenvalue weighted by Crippen LogP contribution is 2.14. The molecule has 7 heteroatoms. The van der Waals surface area contributed by atoms with Crippen LogP contribution in [0.2, 0.25) is 0 Å². The molecule has 7 nitrogen and oxygen atoms in total.